The zero-order chi connectivity index (χ0) is 48.8. The van der Waals surface area contributed by atoms with Gasteiger partial charge in [0, 0.05) is 21.9 Å². The third kappa shape index (κ3) is 5.06. The minimum Gasteiger partial charge on any atom is -0.506 e. The summed E-state index contributed by atoms with van der Waals surface area (Å²) in [6.45, 7) is 0. The number of aromatic hydroxyl groups is 19. The topological polar surface area (TPSA) is 398 Å². The van der Waals surface area contributed by atoms with Gasteiger partial charge in [-0.25, -0.2) is 0 Å². The Morgan fingerprint density at radius 3 is 0.956 bits per heavy atom. The summed E-state index contributed by atoms with van der Waals surface area (Å²) in [6, 6.07) is 17.0. The Balaban J connectivity index is 1.36. The van der Waals surface area contributed by atoms with Crippen LogP contribution >= 0.6 is 0 Å². The fraction of sp³-hybridized carbons (Fsp3) is 0. The molecule has 0 saturated heterocycles. The molecular weight excluding hydrogens is 897 g/mol. The zero-order valence-electron chi connectivity index (χ0n) is 33.8. The van der Waals surface area contributed by atoms with Crippen molar-refractivity contribution in [3.8, 4) is 154 Å². The highest BCUT2D eigenvalue weighted by atomic mass is 16.4. The molecule has 0 aliphatic carbocycles. The molecule has 0 aliphatic heterocycles. The summed E-state index contributed by atoms with van der Waals surface area (Å²) in [5.41, 5.74) is -4.84. The quantitative estimate of drug-likeness (QED) is 0.0450. The molecule has 20 nitrogen and oxygen atoms in total. The molecule has 0 fully saturated rings. The minimum atomic E-state index is -1.41. The number of hydrogen-bond acceptors (Lipinski definition) is 20. The standard InChI is InChI=1S/C48H30O20/c49-29-21(24-35(55)41(61)46(66)42(62)36(24)56)22-28(39(59)45(65)40(60)30(22)50)48-27(29)20-16(10-5-11-17(20)68-48)18-12-6-1-3-8-14(12)19(15-9-4-2-7-13(15)18)23-31(51)33(53)25(34(54)32(23)52)26-37(57)43(63)47(67)44(64)38(26)58/h1-11,49-67H. The average molecular weight is 927 g/mol. The first kappa shape index (κ1) is 41.8. The van der Waals surface area contributed by atoms with Crippen LogP contribution in [0, 0.1) is 0 Å². The Kier molecular flexibility index (Phi) is 8.52. The monoisotopic (exact) mass is 926 g/mol. The third-order valence-corrected chi connectivity index (χ3v) is 12.2. The van der Waals surface area contributed by atoms with Gasteiger partial charge in [0.05, 0.1) is 33.0 Å². The van der Waals surface area contributed by atoms with Crippen LogP contribution in [0.25, 0.3) is 98.8 Å². The van der Waals surface area contributed by atoms with E-state index in [1.165, 1.54) is 24.3 Å². The van der Waals surface area contributed by atoms with Gasteiger partial charge in [0.15, 0.2) is 63.1 Å². The molecule has 0 aliphatic rings. The molecular formula is C48H30O20. The van der Waals surface area contributed by atoms with E-state index in [2.05, 4.69) is 0 Å². The first-order chi connectivity index (χ1) is 32.2. The van der Waals surface area contributed by atoms with E-state index in [0.717, 1.165) is 0 Å². The van der Waals surface area contributed by atoms with Crippen molar-refractivity contribution in [2.45, 2.75) is 0 Å². The summed E-state index contributed by atoms with van der Waals surface area (Å²) in [5.74, 6) is -24.8. The van der Waals surface area contributed by atoms with Crippen molar-refractivity contribution >= 4 is 54.3 Å². The van der Waals surface area contributed by atoms with Crippen LogP contribution in [0.4, 0.5) is 0 Å². The maximum atomic E-state index is 12.4. The molecule has 0 saturated carbocycles. The maximum Gasteiger partial charge on any atom is 0.208 e. The lowest BCUT2D eigenvalue weighted by Crippen LogP contribution is -1.94. The van der Waals surface area contributed by atoms with E-state index in [1.54, 1.807) is 42.5 Å². The number of fused-ring (bicyclic) bond motifs is 7. The second kappa shape index (κ2) is 13.9. The first-order valence-corrected chi connectivity index (χ1v) is 19.6. The molecule has 1 aromatic heterocycles. The van der Waals surface area contributed by atoms with Gasteiger partial charge in [-0.3, -0.25) is 0 Å². The molecule has 0 amide bonds. The lowest BCUT2D eigenvalue weighted by Gasteiger charge is -2.22. The predicted octanol–water partition coefficient (Wildman–Crippen LogP) is 8.12. The largest absolute Gasteiger partial charge is 0.506 e. The fourth-order valence-corrected chi connectivity index (χ4v) is 9.11. The van der Waals surface area contributed by atoms with E-state index in [0.29, 0.717) is 5.56 Å². The molecule has 0 radical (unpaired) electrons. The zero-order valence-corrected chi connectivity index (χ0v) is 33.8. The summed E-state index contributed by atoms with van der Waals surface area (Å²) < 4.78 is 6.23. The Hall–Kier alpha value is -10.2. The molecule has 0 bridgehead atoms. The summed E-state index contributed by atoms with van der Waals surface area (Å²) >= 11 is 0. The van der Waals surface area contributed by atoms with Gasteiger partial charge in [-0.15, -0.1) is 0 Å². The summed E-state index contributed by atoms with van der Waals surface area (Å²) in [7, 11) is 0. The van der Waals surface area contributed by atoms with Crippen LogP contribution in [0.2, 0.25) is 0 Å². The normalized spacial score (nSPS) is 11.8. The first-order valence-electron chi connectivity index (χ1n) is 19.6. The van der Waals surface area contributed by atoms with E-state index in [1.807, 2.05) is 0 Å². The highest BCUT2D eigenvalue weighted by Crippen LogP contribution is 2.66. The third-order valence-electron chi connectivity index (χ3n) is 12.2. The Bertz CT molecular complexity index is 3820. The maximum absolute atomic E-state index is 12.4. The number of furan rings is 1. The van der Waals surface area contributed by atoms with E-state index in [4.69, 9.17) is 4.42 Å². The molecule has 1 heterocycles. The second-order valence-electron chi connectivity index (χ2n) is 15.6. The molecule has 0 unspecified atom stereocenters. The van der Waals surface area contributed by atoms with Gasteiger partial charge in [-0.05, 0) is 38.7 Å². The van der Waals surface area contributed by atoms with Crippen molar-refractivity contribution in [3.63, 3.8) is 0 Å². The molecule has 9 aromatic carbocycles. The van der Waals surface area contributed by atoms with Gasteiger partial charge in [0.2, 0.25) is 46.0 Å². The van der Waals surface area contributed by atoms with E-state index >= 15 is 0 Å². The van der Waals surface area contributed by atoms with Gasteiger partial charge >= 0.3 is 0 Å². The van der Waals surface area contributed by atoms with Crippen LogP contribution in [-0.2, 0) is 0 Å². The average Bonchev–Trinajstić information content (AvgIpc) is 3.74. The Morgan fingerprint density at radius 2 is 0.529 bits per heavy atom. The predicted molar refractivity (Wildman–Crippen MR) is 240 cm³/mol. The van der Waals surface area contributed by atoms with Gasteiger partial charge in [-0.1, -0.05) is 60.7 Å². The van der Waals surface area contributed by atoms with Crippen LogP contribution in [0.15, 0.2) is 71.1 Å². The van der Waals surface area contributed by atoms with Crippen molar-refractivity contribution in [1.82, 2.24) is 0 Å². The summed E-state index contributed by atoms with van der Waals surface area (Å²) in [6.07, 6.45) is 0. The molecule has 342 valence electrons. The van der Waals surface area contributed by atoms with Crippen molar-refractivity contribution in [1.29, 1.82) is 0 Å². The Labute approximate surface area is 375 Å². The highest BCUT2D eigenvalue weighted by Gasteiger charge is 2.37. The number of benzene rings is 9. The molecule has 68 heavy (non-hydrogen) atoms. The summed E-state index contributed by atoms with van der Waals surface area (Å²) in [4.78, 5) is 0. The molecule has 0 spiro atoms. The van der Waals surface area contributed by atoms with Gasteiger partial charge in [0.1, 0.15) is 11.3 Å². The number of hydrogen-bond donors (Lipinski definition) is 19. The van der Waals surface area contributed by atoms with E-state index in [-0.39, 0.29) is 49.0 Å². The number of rotatable bonds is 4. The van der Waals surface area contributed by atoms with Crippen molar-refractivity contribution in [2.75, 3.05) is 0 Å². The van der Waals surface area contributed by atoms with Crippen molar-refractivity contribution in [3.05, 3.63) is 66.7 Å². The van der Waals surface area contributed by atoms with Gasteiger partial charge in [0.25, 0.3) is 0 Å². The lowest BCUT2D eigenvalue weighted by atomic mass is 9.83. The molecule has 0 atom stereocenters. The number of phenolic OH excluding ortho intramolecular Hbond substituents is 19. The van der Waals surface area contributed by atoms with Crippen LogP contribution in [0.1, 0.15) is 0 Å². The smallest absolute Gasteiger partial charge is 0.208 e. The lowest BCUT2D eigenvalue weighted by molar-refractivity contribution is 0.329. The molecule has 10 aromatic rings. The van der Waals surface area contributed by atoms with E-state index < -0.39 is 153 Å². The van der Waals surface area contributed by atoms with Crippen LogP contribution in [0.3, 0.4) is 0 Å². The second-order valence-corrected chi connectivity index (χ2v) is 15.6. The van der Waals surface area contributed by atoms with Crippen LogP contribution in [0.5, 0.6) is 109 Å². The minimum absolute atomic E-state index is 0.0192. The van der Waals surface area contributed by atoms with Crippen LogP contribution < -0.4 is 0 Å². The van der Waals surface area contributed by atoms with Crippen molar-refractivity contribution in [2.24, 2.45) is 0 Å². The molecule has 20 heteroatoms. The fourth-order valence-electron chi connectivity index (χ4n) is 9.11. The Morgan fingerprint density at radius 1 is 0.221 bits per heavy atom. The molecule has 19 N–H and O–H groups in total. The van der Waals surface area contributed by atoms with Gasteiger partial charge in [-0.2, -0.15) is 0 Å². The van der Waals surface area contributed by atoms with Crippen molar-refractivity contribution < 1.29 is 101 Å². The molecule has 10 rings (SSSR count). The van der Waals surface area contributed by atoms with Gasteiger partial charge < -0.3 is 101 Å². The SMILES string of the molecule is Oc1c(O)c(O)c(-c2c(O)c(O)c(-c3c4ccccc4c(-c4cccc5oc6c7c(O)c(O)c(O)c(O)c7c(-c7c(O)c(O)c(O)c(O)c7O)c(O)c6c45)c4ccccc34)c(O)c2O)c(O)c1O. The summed E-state index contributed by atoms with van der Waals surface area (Å²) in [5, 5.41) is 208. The van der Waals surface area contributed by atoms with Crippen LogP contribution in [-0.4, -0.2) is 97.0 Å². The highest BCUT2D eigenvalue weighted by molar-refractivity contribution is 6.32. The van der Waals surface area contributed by atoms with E-state index in [9.17, 15) is 97.0 Å². The number of phenols is 19.